The van der Waals surface area contributed by atoms with Crippen LogP contribution in [0, 0.1) is 11.3 Å². The molecule has 2 heterocycles. The summed E-state index contributed by atoms with van der Waals surface area (Å²) in [5, 5.41) is 14.9. The topological polar surface area (TPSA) is 54.5 Å². The van der Waals surface area contributed by atoms with E-state index in [0.717, 1.165) is 16.6 Å². The summed E-state index contributed by atoms with van der Waals surface area (Å²) < 4.78 is 1.72. The summed E-state index contributed by atoms with van der Waals surface area (Å²) in [6.45, 7) is 0. The molecule has 0 unspecified atom stereocenters. The first-order chi connectivity index (χ1) is 9.85. The van der Waals surface area contributed by atoms with Gasteiger partial charge in [0.05, 0.1) is 16.8 Å². The quantitative estimate of drug-likeness (QED) is 0.711. The van der Waals surface area contributed by atoms with Gasteiger partial charge in [-0.3, -0.25) is 0 Å². The molecular formula is C16H12N4. The molecule has 2 aromatic heterocycles. The molecule has 20 heavy (non-hydrogen) atoms. The first-order valence-electron chi connectivity index (χ1n) is 6.71. The number of fused-ring (bicyclic) bond motifs is 1. The molecule has 0 radical (unpaired) electrons. The van der Waals surface area contributed by atoms with Crippen LogP contribution in [0.25, 0.3) is 16.7 Å². The lowest BCUT2D eigenvalue weighted by Crippen LogP contribution is -2.02. The minimum atomic E-state index is 0.550. The summed E-state index contributed by atoms with van der Waals surface area (Å²) in [7, 11) is 0. The van der Waals surface area contributed by atoms with Crippen LogP contribution in [0.3, 0.4) is 0 Å². The molecule has 0 bridgehead atoms. The fourth-order valence-electron chi connectivity index (χ4n) is 2.42. The van der Waals surface area contributed by atoms with Crippen molar-refractivity contribution in [1.29, 1.82) is 5.26 Å². The number of para-hydroxylation sites is 1. The van der Waals surface area contributed by atoms with Crippen molar-refractivity contribution in [3.63, 3.8) is 0 Å². The van der Waals surface area contributed by atoms with Gasteiger partial charge in [0.25, 0.3) is 0 Å². The number of nitriles is 1. The van der Waals surface area contributed by atoms with Crippen molar-refractivity contribution in [2.45, 2.75) is 18.8 Å². The molecule has 4 heteroatoms. The molecule has 0 atom stereocenters. The van der Waals surface area contributed by atoms with Crippen LogP contribution in [0.1, 0.15) is 30.0 Å². The Morgan fingerprint density at radius 2 is 2.05 bits per heavy atom. The third-order valence-electron chi connectivity index (χ3n) is 3.65. The molecule has 4 nitrogen and oxygen atoms in total. The summed E-state index contributed by atoms with van der Waals surface area (Å²) in [6, 6.07) is 13.9. The van der Waals surface area contributed by atoms with Crippen LogP contribution in [0.5, 0.6) is 0 Å². The maximum absolute atomic E-state index is 9.34. The van der Waals surface area contributed by atoms with Gasteiger partial charge in [-0.2, -0.15) is 10.4 Å². The maximum Gasteiger partial charge on any atom is 0.171 e. The van der Waals surface area contributed by atoms with Gasteiger partial charge < -0.3 is 0 Å². The predicted octanol–water partition coefficient (Wildman–Crippen LogP) is 3.17. The molecule has 1 aliphatic carbocycles. The minimum Gasteiger partial charge on any atom is -0.227 e. The highest BCUT2D eigenvalue weighted by Gasteiger charge is 2.26. The lowest BCUT2D eigenvalue weighted by atomic mass is 10.1. The zero-order valence-corrected chi connectivity index (χ0v) is 10.8. The second kappa shape index (κ2) is 4.17. The molecule has 4 rings (SSSR count). The largest absolute Gasteiger partial charge is 0.227 e. The summed E-state index contributed by atoms with van der Waals surface area (Å²) >= 11 is 0. The Hall–Kier alpha value is -2.67. The van der Waals surface area contributed by atoms with Gasteiger partial charge in [0.1, 0.15) is 6.07 Å². The van der Waals surface area contributed by atoms with E-state index < -0.39 is 0 Å². The molecule has 1 fully saturated rings. The van der Waals surface area contributed by atoms with E-state index in [2.05, 4.69) is 16.2 Å². The van der Waals surface area contributed by atoms with Crippen molar-refractivity contribution in [2.24, 2.45) is 0 Å². The van der Waals surface area contributed by atoms with Crippen LogP contribution in [0.2, 0.25) is 0 Å². The third-order valence-corrected chi connectivity index (χ3v) is 3.65. The van der Waals surface area contributed by atoms with Gasteiger partial charge in [0.2, 0.25) is 0 Å². The Balaban J connectivity index is 1.90. The Morgan fingerprint density at radius 3 is 2.85 bits per heavy atom. The number of rotatable bonds is 2. The van der Waals surface area contributed by atoms with Crippen molar-refractivity contribution in [1.82, 2.24) is 14.8 Å². The van der Waals surface area contributed by atoms with E-state index in [9.17, 15) is 5.26 Å². The van der Waals surface area contributed by atoms with Gasteiger partial charge >= 0.3 is 0 Å². The average molecular weight is 260 g/mol. The summed E-state index contributed by atoms with van der Waals surface area (Å²) in [5.74, 6) is 1.21. The maximum atomic E-state index is 9.34. The minimum absolute atomic E-state index is 0.550. The predicted molar refractivity (Wildman–Crippen MR) is 75.6 cm³/mol. The fraction of sp³-hybridized carbons (Fsp3) is 0.188. The van der Waals surface area contributed by atoms with Crippen LogP contribution in [-0.4, -0.2) is 14.8 Å². The van der Waals surface area contributed by atoms with E-state index in [0.29, 0.717) is 17.3 Å². The van der Waals surface area contributed by atoms with Crippen LogP contribution in [-0.2, 0) is 0 Å². The zero-order chi connectivity index (χ0) is 13.5. The van der Waals surface area contributed by atoms with E-state index in [1.54, 1.807) is 4.68 Å². The van der Waals surface area contributed by atoms with Gasteiger partial charge in [0.15, 0.2) is 5.82 Å². The first kappa shape index (κ1) is 11.2. The molecule has 0 aliphatic heterocycles. The Morgan fingerprint density at radius 1 is 1.20 bits per heavy atom. The molecule has 0 amide bonds. The Labute approximate surface area is 116 Å². The molecular weight excluding hydrogens is 248 g/mol. The van der Waals surface area contributed by atoms with E-state index in [1.807, 2.05) is 42.6 Å². The van der Waals surface area contributed by atoms with Crippen LogP contribution in [0.4, 0.5) is 0 Å². The van der Waals surface area contributed by atoms with Crippen LogP contribution >= 0.6 is 0 Å². The molecule has 1 aliphatic rings. The second-order valence-electron chi connectivity index (χ2n) is 5.12. The van der Waals surface area contributed by atoms with Crippen LogP contribution in [0.15, 0.2) is 42.6 Å². The molecule has 1 aromatic carbocycles. The van der Waals surface area contributed by atoms with E-state index in [4.69, 9.17) is 0 Å². The highest BCUT2D eigenvalue weighted by molar-refractivity contribution is 5.81. The summed E-state index contributed by atoms with van der Waals surface area (Å²) in [4.78, 5) is 4.59. The molecule has 0 saturated heterocycles. The second-order valence-corrected chi connectivity index (χ2v) is 5.12. The molecule has 3 aromatic rings. The number of benzene rings is 1. The van der Waals surface area contributed by atoms with E-state index in [-0.39, 0.29) is 0 Å². The van der Waals surface area contributed by atoms with Gasteiger partial charge in [-0.25, -0.2) is 9.67 Å². The molecule has 1 saturated carbocycles. The smallest absolute Gasteiger partial charge is 0.171 e. The molecule has 0 spiro atoms. The fourth-order valence-corrected chi connectivity index (χ4v) is 2.42. The monoisotopic (exact) mass is 260 g/mol. The lowest BCUT2D eigenvalue weighted by molar-refractivity contribution is 0.814. The Bertz CT molecular complexity index is 837. The SMILES string of the molecule is N#Cc1cc2ccccc2nc1-n1ccc(C2CC2)n1. The number of pyridine rings is 1. The van der Waals surface area contributed by atoms with Gasteiger partial charge in [-0.15, -0.1) is 0 Å². The first-order valence-corrected chi connectivity index (χ1v) is 6.71. The Kier molecular flexibility index (Phi) is 2.33. The van der Waals surface area contributed by atoms with Crippen molar-refractivity contribution in [3.05, 3.63) is 53.9 Å². The number of aromatic nitrogens is 3. The van der Waals surface area contributed by atoms with Gasteiger partial charge in [-0.05, 0) is 31.0 Å². The summed E-state index contributed by atoms with van der Waals surface area (Å²) in [6.07, 6.45) is 4.33. The van der Waals surface area contributed by atoms with Crippen LogP contribution < -0.4 is 0 Å². The van der Waals surface area contributed by atoms with Crippen molar-refractivity contribution in [2.75, 3.05) is 0 Å². The van der Waals surface area contributed by atoms with Crippen molar-refractivity contribution < 1.29 is 0 Å². The third kappa shape index (κ3) is 1.76. The highest BCUT2D eigenvalue weighted by atomic mass is 15.3. The standard InChI is InChI=1S/C16H12N4/c17-10-13-9-12-3-1-2-4-14(12)18-16(13)20-8-7-15(19-20)11-5-6-11/h1-4,7-9,11H,5-6H2. The van der Waals surface area contributed by atoms with E-state index in [1.165, 1.54) is 12.8 Å². The zero-order valence-electron chi connectivity index (χ0n) is 10.8. The lowest BCUT2D eigenvalue weighted by Gasteiger charge is -2.05. The average Bonchev–Trinajstić information content (AvgIpc) is 3.23. The highest BCUT2D eigenvalue weighted by Crippen LogP contribution is 2.39. The van der Waals surface area contributed by atoms with Gasteiger partial charge in [0, 0.05) is 17.5 Å². The summed E-state index contributed by atoms with van der Waals surface area (Å²) in [5.41, 5.74) is 2.53. The number of hydrogen-bond acceptors (Lipinski definition) is 3. The van der Waals surface area contributed by atoms with E-state index >= 15 is 0 Å². The van der Waals surface area contributed by atoms with Crippen molar-refractivity contribution >= 4 is 10.9 Å². The van der Waals surface area contributed by atoms with Crippen molar-refractivity contribution in [3.8, 4) is 11.9 Å². The molecule has 0 N–H and O–H groups in total. The normalized spacial score (nSPS) is 14.3. The van der Waals surface area contributed by atoms with Gasteiger partial charge in [-0.1, -0.05) is 18.2 Å². The number of nitrogens with zero attached hydrogens (tertiary/aromatic N) is 4. The molecule has 96 valence electrons. The number of hydrogen-bond donors (Lipinski definition) is 0.